The Balaban J connectivity index is 1.86. The van der Waals surface area contributed by atoms with Crippen molar-refractivity contribution in [3.8, 4) is 0 Å². The number of benzene rings is 2. The number of nitrogens with zero attached hydrogens (tertiary/aromatic N) is 1. The Morgan fingerprint density at radius 2 is 1.85 bits per heavy atom. The maximum atomic E-state index is 13.2. The Bertz CT molecular complexity index is 846. The number of fused-ring (bicyclic) bond motifs is 1. The molecular weight excluding hydrogens is 336 g/mol. The zero-order valence-corrected chi connectivity index (χ0v) is 16.4. The summed E-state index contributed by atoms with van der Waals surface area (Å²) in [5.41, 5.74) is 3.04. The van der Waals surface area contributed by atoms with E-state index >= 15 is 0 Å². The largest absolute Gasteiger partial charge is 0.350 e. The average Bonchev–Trinajstić information content (AvgIpc) is 2.67. The molecule has 0 saturated carbocycles. The lowest BCUT2D eigenvalue weighted by atomic mass is 9.82. The van der Waals surface area contributed by atoms with E-state index in [9.17, 15) is 9.59 Å². The Kier molecular flexibility index (Phi) is 5.64. The standard InChI is InChI=1S/C23H28N2O2/c1-4-5-14-25-21(26)20-13-9-8-11-18(20)15-23(25,3)22(27)24-16-19-12-7-6-10-17(19)2/h6-13H,4-5,14-16H2,1-3H3,(H,24,27). The average molecular weight is 364 g/mol. The van der Waals surface area contributed by atoms with Gasteiger partial charge in [0.15, 0.2) is 0 Å². The molecule has 0 aliphatic carbocycles. The highest BCUT2D eigenvalue weighted by atomic mass is 16.2. The van der Waals surface area contributed by atoms with Crippen molar-refractivity contribution >= 4 is 11.8 Å². The van der Waals surface area contributed by atoms with Crippen molar-refractivity contribution in [2.75, 3.05) is 6.54 Å². The summed E-state index contributed by atoms with van der Waals surface area (Å²) in [6.07, 6.45) is 2.40. The maximum absolute atomic E-state index is 13.2. The van der Waals surface area contributed by atoms with Gasteiger partial charge in [-0.3, -0.25) is 9.59 Å². The first-order valence-corrected chi connectivity index (χ1v) is 9.70. The first kappa shape index (κ1) is 19.2. The smallest absolute Gasteiger partial charge is 0.255 e. The van der Waals surface area contributed by atoms with Gasteiger partial charge in [0, 0.05) is 25.1 Å². The number of unbranched alkanes of at least 4 members (excludes halogenated alkanes) is 1. The Morgan fingerprint density at radius 3 is 2.59 bits per heavy atom. The van der Waals surface area contributed by atoms with Crippen LogP contribution in [-0.4, -0.2) is 28.8 Å². The van der Waals surface area contributed by atoms with Crippen LogP contribution in [0, 0.1) is 6.92 Å². The van der Waals surface area contributed by atoms with E-state index in [4.69, 9.17) is 0 Å². The van der Waals surface area contributed by atoms with Crippen molar-refractivity contribution in [1.82, 2.24) is 10.2 Å². The number of aryl methyl sites for hydroxylation is 1. The SMILES string of the molecule is CCCCN1C(=O)c2ccccc2CC1(C)C(=O)NCc1ccccc1C. The van der Waals surface area contributed by atoms with Gasteiger partial charge in [0.05, 0.1) is 0 Å². The summed E-state index contributed by atoms with van der Waals surface area (Å²) in [4.78, 5) is 28.1. The molecule has 3 rings (SSSR count). The molecule has 0 spiro atoms. The van der Waals surface area contributed by atoms with Crippen LogP contribution in [0.2, 0.25) is 0 Å². The highest BCUT2D eigenvalue weighted by Gasteiger charge is 2.46. The van der Waals surface area contributed by atoms with Gasteiger partial charge in [-0.15, -0.1) is 0 Å². The molecule has 1 N–H and O–H groups in total. The van der Waals surface area contributed by atoms with Crippen LogP contribution in [0.1, 0.15) is 53.7 Å². The number of carbonyl (C=O) groups is 2. The number of hydrogen-bond acceptors (Lipinski definition) is 2. The van der Waals surface area contributed by atoms with Gasteiger partial charge < -0.3 is 10.2 Å². The van der Waals surface area contributed by atoms with E-state index in [1.165, 1.54) is 0 Å². The van der Waals surface area contributed by atoms with Crippen LogP contribution in [0.5, 0.6) is 0 Å². The highest BCUT2D eigenvalue weighted by Crippen LogP contribution is 2.31. The molecule has 1 heterocycles. The van der Waals surface area contributed by atoms with Gasteiger partial charge in [-0.05, 0) is 43.0 Å². The van der Waals surface area contributed by atoms with Crippen LogP contribution in [0.15, 0.2) is 48.5 Å². The van der Waals surface area contributed by atoms with Crippen LogP contribution in [-0.2, 0) is 17.8 Å². The topological polar surface area (TPSA) is 49.4 Å². The molecule has 0 aromatic heterocycles. The lowest BCUT2D eigenvalue weighted by molar-refractivity contribution is -0.131. The third-order valence-electron chi connectivity index (χ3n) is 5.55. The summed E-state index contributed by atoms with van der Waals surface area (Å²) in [5, 5.41) is 3.07. The van der Waals surface area contributed by atoms with Crippen molar-refractivity contribution in [2.45, 2.75) is 52.1 Å². The van der Waals surface area contributed by atoms with E-state index in [1.807, 2.05) is 62.4 Å². The summed E-state index contributed by atoms with van der Waals surface area (Å²) in [6, 6.07) is 15.7. The fourth-order valence-corrected chi connectivity index (χ4v) is 3.76. The van der Waals surface area contributed by atoms with E-state index in [-0.39, 0.29) is 11.8 Å². The molecule has 27 heavy (non-hydrogen) atoms. The molecule has 142 valence electrons. The molecular formula is C23H28N2O2. The summed E-state index contributed by atoms with van der Waals surface area (Å²) in [5.74, 6) is -0.136. The predicted octanol–water partition coefficient (Wildman–Crippen LogP) is 3.87. The van der Waals surface area contributed by atoms with Gasteiger partial charge in [-0.25, -0.2) is 0 Å². The van der Waals surface area contributed by atoms with Crippen LogP contribution in [0.3, 0.4) is 0 Å². The third-order valence-corrected chi connectivity index (χ3v) is 5.55. The number of nitrogens with one attached hydrogen (secondary N) is 1. The van der Waals surface area contributed by atoms with Crippen molar-refractivity contribution in [1.29, 1.82) is 0 Å². The first-order valence-electron chi connectivity index (χ1n) is 9.70. The lowest BCUT2D eigenvalue weighted by Gasteiger charge is -2.44. The molecule has 2 aromatic carbocycles. The molecule has 0 saturated heterocycles. The monoisotopic (exact) mass is 364 g/mol. The first-order chi connectivity index (χ1) is 13.0. The highest BCUT2D eigenvalue weighted by molar-refractivity contribution is 6.02. The summed E-state index contributed by atoms with van der Waals surface area (Å²) in [7, 11) is 0. The minimum Gasteiger partial charge on any atom is -0.350 e. The number of rotatable bonds is 6. The van der Waals surface area contributed by atoms with Crippen molar-refractivity contribution in [3.05, 3.63) is 70.8 Å². The Morgan fingerprint density at radius 1 is 1.15 bits per heavy atom. The molecule has 0 bridgehead atoms. The van der Waals surface area contributed by atoms with Gasteiger partial charge in [0.1, 0.15) is 5.54 Å². The number of carbonyl (C=O) groups excluding carboxylic acids is 2. The minimum absolute atomic E-state index is 0.0427. The molecule has 1 aliphatic heterocycles. The van der Waals surface area contributed by atoms with Crippen LogP contribution in [0.25, 0.3) is 0 Å². The van der Waals surface area contributed by atoms with Gasteiger partial charge in [-0.1, -0.05) is 55.8 Å². The molecule has 2 amide bonds. The van der Waals surface area contributed by atoms with E-state index in [0.717, 1.165) is 35.1 Å². The molecule has 4 nitrogen and oxygen atoms in total. The normalized spacial score (nSPS) is 18.9. The predicted molar refractivity (Wildman–Crippen MR) is 108 cm³/mol. The minimum atomic E-state index is -0.872. The fraction of sp³-hybridized carbons (Fsp3) is 0.391. The quantitative estimate of drug-likeness (QED) is 0.846. The molecule has 1 unspecified atom stereocenters. The van der Waals surface area contributed by atoms with Crippen molar-refractivity contribution in [2.24, 2.45) is 0 Å². The molecule has 0 fully saturated rings. The summed E-state index contributed by atoms with van der Waals surface area (Å²) >= 11 is 0. The van der Waals surface area contributed by atoms with Gasteiger partial charge in [-0.2, -0.15) is 0 Å². The zero-order chi connectivity index (χ0) is 19.4. The van der Waals surface area contributed by atoms with E-state index < -0.39 is 5.54 Å². The van der Waals surface area contributed by atoms with Crippen LogP contribution < -0.4 is 5.32 Å². The zero-order valence-electron chi connectivity index (χ0n) is 16.4. The lowest BCUT2D eigenvalue weighted by Crippen LogP contribution is -2.62. The van der Waals surface area contributed by atoms with Crippen molar-refractivity contribution < 1.29 is 9.59 Å². The number of amides is 2. The maximum Gasteiger partial charge on any atom is 0.255 e. The second-order valence-corrected chi connectivity index (χ2v) is 7.53. The van der Waals surface area contributed by atoms with Gasteiger partial charge >= 0.3 is 0 Å². The van der Waals surface area contributed by atoms with Crippen molar-refractivity contribution in [3.63, 3.8) is 0 Å². The third kappa shape index (κ3) is 3.75. The molecule has 0 radical (unpaired) electrons. The number of hydrogen-bond donors (Lipinski definition) is 1. The van der Waals surface area contributed by atoms with E-state index in [2.05, 4.69) is 12.2 Å². The van der Waals surface area contributed by atoms with E-state index in [0.29, 0.717) is 19.5 Å². The Labute approximate surface area is 161 Å². The summed E-state index contributed by atoms with van der Waals surface area (Å²) in [6.45, 7) is 7.09. The molecule has 1 atom stereocenters. The second-order valence-electron chi connectivity index (χ2n) is 7.53. The Hall–Kier alpha value is -2.62. The summed E-state index contributed by atoms with van der Waals surface area (Å²) < 4.78 is 0. The van der Waals surface area contributed by atoms with E-state index in [1.54, 1.807) is 4.90 Å². The van der Waals surface area contributed by atoms with Crippen LogP contribution >= 0.6 is 0 Å². The second kappa shape index (κ2) is 7.95. The van der Waals surface area contributed by atoms with Crippen LogP contribution in [0.4, 0.5) is 0 Å². The molecule has 1 aliphatic rings. The van der Waals surface area contributed by atoms with Gasteiger partial charge in [0.25, 0.3) is 5.91 Å². The fourth-order valence-electron chi connectivity index (χ4n) is 3.76. The van der Waals surface area contributed by atoms with Gasteiger partial charge in [0.2, 0.25) is 5.91 Å². The molecule has 4 heteroatoms. The molecule has 2 aromatic rings.